The molecule has 0 amide bonds. The maximum atomic E-state index is 5.62. The van der Waals surface area contributed by atoms with Gasteiger partial charge in [0, 0.05) is 49.7 Å². The van der Waals surface area contributed by atoms with E-state index in [9.17, 15) is 0 Å². The van der Waals surface area contributed by atoms with E-state index < -0.39 is 0 Å². The fourth-order valence-electron chi connectivity index (χ4n) is 4.41. The Balaban J connectivity index is 1.39. The lowest BCUT2D eigenvalue weighted by Crippen LogP contribution is -2.32. The van der Waals surface area contributed by atoms with Crippen LogP contribution in [0, 0.1) is 6.92 Å². The monoisotopic (exact) mass is 377 g/mol. The Hall–Kier alpha value is -2.61. The molecule has 144 valence electrons. The van der Waals surface area contributed by atoms with Crippen LogP contribution in [0.2, 0.25) is 0 Å². The number of anilines is 1. The Bertz CT molecular complexity index is 1050. The van der Waals surface area contributed by atoms with Gasteiger partial charge in [-0.2, -0.15) is 5.10 Å². The van der Waals surface area contributed by atoms with Crippen LogP contribution in [0.3, 0.4) is 0 Å². The first kappa shape index (κ1) is 16.4. The van der Waals surface area contributed by atoms with Crippen LogP contribution >= 0.6 is 0 Å². The summed E-state index contributed by atoms with van der Waals surface area (Å²) >= 11 is 0. The topological polar surface area (TPSA) is 81.3 Å². The second-order valence-electron chi connectivity index (χ2n) is 8.09. The molecule has 3 aromatic rings. The average Bonchev–Trinajstić information content (AvgIpc) is 3.33. The summed E-state index contributed by atoms with van der Waals surface area (Å²) in [6.07, 6.45) is 8.04. The van der Waals surface area contributed by atoms with Crippen molar-refractivity contribution in [3.05, 3.63) is 41.1 Å². The Morgan fingerprint density at radius 3 is 2.86 bits per heavy atom. The Labute approximate surface area is 163 Å². The fraction of sp³-hybridized carbons (Fsp3) is 0.550. The summed E-state index contributed by atoms with van der Waals surface area (Å²) in [5, 5.41) is 4.46. The van der Waals surface area contributed by atoms with E-state index >= 15 is 0 Å². The Kier molecular flexibility index (Phi) is 3.62. The van der Waals surface area contributed by atoms with Crippen LogP contribution < -0.4 is 4.90 Å². The van der Waals surface area contributed by atoms with Gasteiger partial charge in [-0.15, -0.1) is 0 Å². The molecule has 2 aliphatic heterocycles. The molecule has 1 saturated carbocycles. The van der Waals surface area contributed by atoms with Crippen molar-refractivity contribution < 1.29 is 4.74 Å². The average molecular weight is 377 g/mol. The van der Waals surface area contributed by atoms with Crippen molar-refractivity contribution >= 4 is 11.3 Å². The lowest BCUT2D eigenvalue weighted by Gasteiger charge is -2.29. The molecule has 0 N–H and O–H groups in total. The first-order valence-electron chi connectivity index (χ1n) is 10.2. The first-order chi connectivity index (χ1) is 13.8. The molecule has 1 atom stereocenters. The quantitative estimate of drug-likeness (QED) is 0.692. The van der Waals surface area contributed by atoms with Crippen LogP contribution in [0.25, 0.3) is 5.52 Å². The summed E-state index contributed by atoms with van der Waals surface area (Å²) in [7, 11) is 0. The third-order valence-corrected chi connectivity index (χ3v) is 6.11. The minimum atomic E-state index is 0.315. The summed E-state index contributed by atoms with van der Waals surface area (Å²) < 4.78 is 7.55. The largest absolute Gasteiger partial charge is 0.381 e. The summed E-state index contributed by atoms with van der Waals surface area (Å²) in [6, 6.07) is 0. The molecule has 28 heavy (non-hydrogen) atoms. The Morgan fingerprint density at radius 1 is 1.11 bits per heavy atom. The van der Waals surface area contributed by atoms with E-state index in [1.807, 2.05) is 17.6 Å². The zero-order chi connectivity index (χ0) is 18.7. The smallest absolute Gasteiger partial charge is 0.158 e. The van der Waals surface area contributed by atoms with Gasteiger partial charge in [-0.1, -0.05) is 0 Å². The van der Waals surface area contributed by atoms with Gasteiger partial charge in [-0.25, -0.2) is 24.5 Å². The van der Waals surface area contributed by atoms with E-state index in [1.165, 1.54) is 24.1 Å². The highest BCUT2D eigenvalue weighted by molar-refractivity contribution is 5.73. The van der Waals surface area contributed by atoms with Gasteiger partial charge < -0.3 is 9.64 Å². The van der Waals surface area contributed by atoms with Gasteiger partial charge in [0.25, 0.3) is 0 Å². The molecule has 1 saturated heterocycles. The number of aromatic nitrogens is 6. The molecule has 3 aromatic heterocycles. The second kappa shape index (κ2) is 6.20. The molecule has 0 spiro atoms. The van der Waals surface area contributed by atoms with E-state index in [0.29, 0.717) is 11.8 Å². The molecular weight excluding hydrogens is 354 g/mol. The zero-order valence-corrected chi connectivity index (χ0v) is 16.0. The fourth-order valence-corrected chi connectivity index (χ4v) is 4.41. The van der Waals surface area contributed by atoms with Crippen molar-refractivity contribution in [3.63, 3.8) is 0 Å². The van der Waals surface area contributed by atoms with Crippen LogP contribution in [0.1, 0.15) is 59.7 Å². The van der Waals surface area contributed by atoms with Gasteiger partial charge in [-0.3, -0.25) is 0 Å². The standard InChI is InChI=1S/C20H23N7O/c1-12-24-17(14-5-7-28-10-14)18-20(22-11-23-27(12)18)26-6-4-16-15(9-26)8-21-19(25-16)13-2-3-13/h8,11,13-14H,2-7,9-10H2,1H3/t14-/m1/s1. The number of imidazole rings is 1. The maximum absolute atomic E-state index is 5.62. The third kappa shape index (κ3) is 2.58. The number of aryl methyl sites for hydroxylation is 1. The van der Waals surface area contributed by atoms with Crippen LogP contribution in [0.15, 0.2) is 12.5 Å². The molecule has 0 aromatic carbocycles. The normalized spacial score (nSPS) is 22.0. The van der Waals surface area contributed by atoms with Crippen molar-refractivity contribution in [1.29, 1.82) is 0 Å². The lowest BCUT2D eigenvalue weighted by atomic mass is 10.0. The lowest BCUT2D eigenvalue weighted by molar-refractivity contribution is 0.193. The highest BCUT2D eigenvalue weighted by Crippen LogP contribution is 2.39. The van der Waals surface area contributed by atoms with Crippen LogP contribution in [-0.4, -0.2) is 49.3 Å². The molecule has 6 rings (SSSR count). The second-order valence-corrected chi connectivity index (χ2v) is 8.09. The molecule has 0 bridgehead atoms. The van der Waals surface area contributed by atoms with Gasteiger partial charge >= 0.3 is 0 Å². The van der Waals surface area contributed by atoms with E-state index in [0.717, 1.165) is 67.8 Å². The molecule has 8 heteroatoms. The number of rotatable bonds is 3. The predicted octanol–water partition coefficient (Wildman–Crippen LogP) is 2.17. The van der Waals surface area contributed by atoms with Crippen molar-refractivity contribution in [1.82, 2.24) is 29.5 Å². The minimum absolute atomic E-state index is 0.315. The van der Waals surface area contributed by atoms with E-state index in [-0.39, 0.29) is 0 Å². The van der Waals surface area contributed by atoms with Crippen molar-refractivity contribution in [2.45, 2.75) is 51.0 Å². The summed E-state index contributed by atoms with van der Waals surface area (Å²) in [4.78, 5) is 21.3. The zero-order valence-electron chi connectivity index (χ0n) is 16.0. The molecule has 2 fully saturated rings. The van der Waals surface area contributed by atoms with Crippen LogP contribution in [-0.2, 0) is 17.7 Å². The van der Waals surface area contributed by atoms with Gasteiger partial charge in [-0.05, 0) is 26.2 Å². The van der Waals surface area contributed by atoms with E-state index in [2.05, 4.69) is 20.0 Å². The van der Waals surface area contributed by atoms with E-state index in [4.69, 9.17) is 14.7 Å². The van der Waals surface area contributed by atoms with Gasteiger partial charge in [0.15, 0.2) is 5.82 Å². The molecule has 1 aliphatic carbocycles. The molecule has 8 nitrogen and oxygen atoms in total. The third-order valence-electron chi connectivity index (χ3n) is 6.11. The number of nitrogens with zero attached hydrogens (tertiary/aromatic N) is 7. The van der Waals surface area contributed by atoms with Gasteiger partial charge in [0.1, 0.15) is 23.5 Å². The molecule has 3 aliphatic rings. The predicted molar refractivity (Wildman–Crippen MR) is 102 cm³/mol. The van der Waals surface area contributed by atoms with Crippen molar-refractivity contribution in [3.8, 4) is 0 Å². The summed E-state index contributed by atoms with van der Waals surface area (Å²) in [6.45, 7) is 5.19. The minimum Gasteiger partial charge on any atom is -0.381 e. The number of fused-ring (bicyclic) bond motifs is 2. The summed E-state index contributed by atoms with van der Waals surface area (Å²) in [5.74, 6) is 3.79. The van der Waals surface area contributed by atoms with Crippen LogP contribution in [0.5, 0.6) is 0 Å². The molecule has 0 radical (unpaired) electrons. The summed E-state index contributed by atoms with van der Waals surface area (Å²) in [5.41, 5.74) is 4.49. The van der Waals surface area contributed by atoms with Crippen LogP contribution in [0.4, 0.5) is 5.82 Å². The molecule has 5 heterocycles. The SMILES string of the molecule is Cc1nc([C@@H]2CCOC2)c2c(N3CCc4nc(C5CC5)ncc4C3)ncnn12. The van der Waals surface area contributed by atoms with Gasteiger partial charge in [0.05, 0.1) is 18.0 Å². The highest BCUT2D eigenvalue weighted by atomic mass is 16.5. The molecular formula is C20H23N7O. The van der Waals surface area contributed by atoms with Crippen molar-refractivity contribution in [2.75, 3.05) is 24.7 Å². The first-order valence-corrected chi connectivity index (χ1v) is 10.2. The maximum Gasteiger partial charge on any atom is 0.158 e. The number of ether oxygens (including phenoxy) is 1. The van der Waals surface area contributed by atoms with E-state index in [1.54, 1.807) is 6.33 Å². The molecule has 0 unspecified atom stereocenters. The van der Waals surface area contributed by atoms with Gasteiger partial charge in [0.2, 0.25) is 0 Å². The van der Waals surface area contributed by atoms with Crippen molar-refractivity contribution in [2.24, 2.45) is 0 Å². The Morgan fingerprint density at radius 2 is 2.04 bits per heavy atom. The number of hydrogen-bond donors (Lipinski definition) is 0. The number of hydrogen-bond acceptors (Lipinski definition) is 7. The highest BCUT2D eigenvalue weighted by Gasteiger charge is 2.30.